The van der Waals surface area contributed by atoms with Crippen LogP contribution in [0.15, 0.2) is 23.1 Å². The highest BCUT2D eigenvalue weighted by Gasteiger charge is 2.16. The fourth-order valence-electron chi connectivity index (χ4n) is 2.57. The molecule has 0 saturated heterocycles. The minimum absolute atomic E-state index is 0.257. The molecule has 0 unspecified atom stereocenters. The molecule has 8 heteroatoms. The first kappa shape index (κ1) is 16.4. The van der Waals surface area contributed by atoms with E-state index < -0.39 is 0 Å². The van der Waals surface area contributed by atoms with Crippen LogP contribution in [0.5, 0.6) is 0 Å². The predicted molar refractivity (Wildman–Crippen MR) is 94.2 cm³/mol. The van der Waals surface area contributed by atoms with Gasteiger partial charge in [0.15, 0.2) is 0 Å². The number of carbonyl (C=O) groups excluding carboxylic acids is 1. The van der Waals surface area contributed by atoms with Gasteiger partial charge in [-0.15, -0.1) is 11.3 Å². The van der Waals surface area contributed by atoms with Crippen molar-refractivity contribution in [3.63, 3.8) is 0 Å². The molecule has 0 saturated carbocycles. The van der Waals surface area contributed by atoms with Crippen LogP contribution in [0.2, 0.25) is 0 Å². The van der Waals surface area contributed by atoms with Crippen LogP contribution >= 0.6 is 11.3 Å². The lowest BCUT2D eigenvalue weighted by molar-refractivity contribution is 0.0996. The van der Waals surface area contributed by atoms with Gasteiger partial charge in [0.05, 0.1) is 5.39 Å². The Balaban J connectivity index is 2.00. The molecular weight excluding hydrogens is 326 g/mol. The monoisotopic (exact) mass is 345 g/mol. The molecule has 0 aliphatic carbocycles. The van der Waals surface area contributed by atoms with Crippen molar-refractivity contribution >= 4 is 27.5 Å². The molecule has 126 valence electrons. The third-order valence-corrected chi connectivity index (χ3v) is 4.83. The number of nitrogens with zero attached hydrogens (tertiary/aromatic N) is 4. The number of aryl methyl sites for hydroxylation is 3. The lowest BCUT2D eigenvalue weighted by Gasteiger charge is -2.11. The largest absolute Gasteiger partial charge is 0.288 e. The van der Waals surface area contributed by atoms with Crippen LogP contribution in [-0.4, -0.2) is 25.3 Å². The maximum absolute atomic E-state index is 12.7. The van der Waals surface area contributed by atoms with Crippen molar-refractivity contribution in [2.75, 3.05) is 5.43 Å². The van der Waals surface area contributed by atoms with Crippen LogP contribution in [-0.2, 0) is 13.0 Å². The first-order chi connectivity index (χ1) is 11.5. The van der Waals surface area contributed by atoms with E-state index in [2.05, 4.69) is 22.4 Å². The average Bonchev–Trinajstić information content (AvgIpc) is 3.18. The minimum atomic E-state index is -0.385. The zero-order chi connectivity index (χ0) is 17.3. The smallest absolute Gasteiger partial charge is 0.267 e. The fourth-order valence-corrected chi connectivity index (χ4v) is 3.73. The Kier molecular flexibility index (Phi) is 4.48. The van der Waals surface area contributed by atoms with Crippen LogP contribution in [0, 0.1) is 6.92 Å². The molecule has 0 radical (unpaired) electrons. The summed E-state index contributed by atoms with van der Waals surface area (Å²) in [7, 11) is 0. The van der Waals surface area contributed by atoms with Crippen LogP contribution in [0.3, 0.4) is 0 Å². The molecule has 3 aromatic rings. The Bertz CT molecular complexity index is 953. The van der Waals surface area contributed by atoms with Gasteiger partial charge in [0.1, 0.15) is 16.3 Å². The second kappa shape index (κ2) is 6.56. The van der Waals surface area contributed by atoms with Crippen molar-refractivity contribution in [1.29, 1.82) is 0 Å². The molecule has 3 rings (SSSR count). The van der Waals surface area contributed by atoms with Crippen molar-refractivity contribution in [3.8, 4) is 0 Å². The maximum Gasteiger partial charge on any atom is 0.288 e. The molecule has 24 heavy (non-hydrogen) atoms. The summed E-state index contributed by atoms with van der Waals surface area (Å²) >= 11 is 1.53. The SMILES string of the molecule is CCCc1cc2c(=O)n(NC(=O)c3ccnn3CC)c(C)nc2s1. The topological polar surface area (TPSA) is 81.8 Å². The molecule has 3 heterocycles. The molecule has 0 aromatic carbocycles. The molecule has 0 atom stereocenters. The quantitative estimate of drug-likeness (QED) is 0.769. The summed E-state index contributed by atoms with van der Waals surface area (Å²) in [6.07, 6.45) is 3.49. The average molecular weight is 345 g/mol. The van der Waals surface area contributed by atoms with Gasteiger partial charge in [-0.1, -0.05) is 13.3 Å². The second-order valence-electron chi connectivity index (χ2n) is 5.45. The van der Waals surface area contributed by atoms with E-state index in [0.29, 0.717) is 28.3 Å². The minimum Gasteiger partial charge on any atom is -0.267 e. The molecule has 0 aliphatic heterocycles. The highest BCUT2D eigenvalue weighted by Crippen LogP contribution is 2.22. The Morgan fingerprint density at radius 1 is 1.38 bits per heavy atom. The Morgan fingerprint density at radius 3 is 2.88 bits per heavy atom. The first-order valence-electron chi connectivity index (χ1n) is 7.90. The summed E-state index contributed by atoms with van der Waals surface area (Å²) in [5.41, 5.74) is 2.78. The number of rotatable bonds is 5. The van der Waals surface area contributed by atoms with Gasteiger partial charge in [0, 0.05) is 17.6 Å². The number of nitrogens with one attached hydrogen (secondary N) is 1. The van der Waals surface area contributed by atoms with Crippen molar-refractivity contribution in [3.05, 3.63) is 45.1 Å². The number of amides is 1. The number of hydrogen-bond donors (Lipinski definition) is 1. The van der Waals surface area contributed by atoms with Gasteiger partial charge in [-0.2, -0.15) is 5.10 Å². The number of carbonyl (C=O) groups is 1. The maximum atomic E-state index is 12.7. The van der Waals surface area contributed by atoms with Gasteiger partial charge in [-0.3, -0.25) is 19.7 Å². The highest BCUT2D eigenvalue weighted by atomic mass is 32.1. The third-order valence-electron chi connectivity index (χ3n) is 3.74. The van der Waals surface area contributed by atoms with Gasteiger partial charge in [-0.25, -0.2) is 9.66 Å². The number of thiophene rings is 1. The Hall–Kier alpha value is -2.48. The van der Waals surface area contributed by atoms with Gasteiger partial charge in [0.2, 0.25) is 0 Å². The van der Waals surface area contributed by atoms with E-state index in [1.807, 2.05) is 13.0 Å². The molecule has 1 amide bonds. The summed E-state index contributed by atoms with van der Waals surface area (Å²) in [6, 6.07) is 3.49. The zero-order valence-corrected chi connectivity index (χ0v) is 14.7. The summed E-state index contributed by atoms with van der Waals surface area (Å²) in [5.74, 6) is 0.0676. The van der Waals surface area contributed by atoms with E-state index >= 15 is 0 Å². The molecular formula is C16H19N5O2S. The summed E-state index contributed by atoms with van der Waals surface area (Å²) in [6.45, 7) is 6.27. The lowest BCUT2D eigenvalue weighted by Crippen LogP contribution is -2.36. The van der Waals surface area contributed by atoms with Crippen LogP contribution in [0.4, 0.5) is 0 Å². The van der Waals surface area contributed by atoms with Gasteiger partial charge < -0.3 is 0 Å². The normalized spacial score (nSPS) is 11.1. The summed E-state index contributed by atoms with van der Waals surface area (Å²) in [5, 5.41) is 4.61. The standard InChI is InChI=1S/C16H19N5O2S/c1-4-6-11-9-12-15(24-11)18-10(3)21(16(12)23)19-14(22)13-7-8-17-20(13)5-2/h7-9H,4-6H2,1-3H3,(H,19,22). The molecule has 0 bridgehead atoms. The van der Waals surface area contributed by atoms with E-state index in [1.165, 1.54) is 16.0 Å². The number of hydrogen-bond acceptors (Lipinski definition) is 5. The van der Waals surface area contributed by atoms with Gasteiger partial charge in [0.25, 0.3) is 11.5 Å². The molecule has 7 nitrogen and oxygen atoms in total. The van der Waals surface area contributed by atoms with Crippen LogP contribution in [0.25, 0.3) is 10.2 Å². The summed E-state index contributed by atoms with van der Waals surface area (Å²) < 4.78 is 2.78. The predicted octanol–water partition coefficient (Wildman–Crippen LogP) is 2.32. The van der Waals surface area contributed by atoms with E-state index in [4.69, 9.17) is 0 Å². The van der Waals surface area contributed by atoms with Gasteiger partial charge in [-0.05, 0) is 32.4 Å². The van der Waals surface area contributed by atoms with Crippen molar-refractivity contribution in [2.24, 2.45) is 0 Å². The summed E-state index contributed by atoms with van der Waals surface area (Å²) in [4.78, 5) is 31.5. The highest BCUT2D eigenvalue weighted by molar-refractivity contribution is 7.18. The van der Waals surface area contributed by atoms with Crippen LogP contribution < -0.4 is 11.0 Å². The lowest BCUT2D eigenvalue weighted by atomic mass is 10.2. The third kappa shape index (κ3) is 2.84. The molecule has 0 aliphatic rings. The molecule has 0 fully saturated rings. The van der Waals surface area contributed by atoms with Crippen molar-refractivity contribution in [1.82, 2.24) is 19.4 Å². The van der Waals surface area contributed by atoms with E-state index in [0.717, 1.165) is 17.7 Å². The van der Waals surface area contributed by atoms with E-state index in [-0.39, 0.29) is 11.5 Å². The first-order valence-corrected chi connectivity index (χ1v) is 8.72. The number of fused-ring (bicyclic) bond motifs is 1. The molecule has 3 aromatic heterocycles. The number of aromatic nitrogens is 4. The Morgan fingerprint density at radius 2 is 2.17 bits per heavy atom. The molecule has 0 spiro atoms. The zero-order valence-electron chi connectivity index (χ0n) is 13.9. The fraction of sp³-hybridized carbons (Fsp3) is 0.375. The molecule has 1 N–H and O–H groups in total. The van der Waals surface area contributed by atoms with E-state index in [9.17, 15) is 9.59 Å². The van der Waals surface area contributed by atoms with E-state index in [1.54, 1.807) is 23.9 Å². The Labute approximate surface area is 142 Å². The van der Waals surface area contributed by atoms with Crippen molar-refractivity contribution < 1.29 is 4.79 Å². The van der Waals surface area contributed by atoms with Crippen molar-refractivity contribution in [2.45, 2.75) is 40.2 Å². The second-order valence-corrected chi connectivity index (χ2v) is 6.57. The van der Waals surface area contributed by atoms with Gasteiger partial charge >= 0.3 is 0 Å². The van der Waals surface area contributed by atoms with Crippen LogP contribution in [0.1, 0.15) is 41.5 Å².